The van der Waals surface area contributed by atoms with Gasteiger partial charge in [0.05, 0.1) is 23.8 Å². The number of fused-ring (bicyclic) bond motifs is 1. The van der Waals surface area contributed by atoms with Crippen molar-refractivity contribution >= 4 is 23.3 Å². The minimum absolute atomic E-state index is 0.0102. The van der Waals surface area contributed by atoms with Gasteiger partial charge in [-0.1, -0.05) is 0 Å². The Labute approximate surface area is 121 Å². The molecule has 1 aliphatic heterocycles. The summed E-state index contributed by atoms with van der Waals surface area (Å²) >= 11 is 0. The molecule has 0 atom stereocenters. The van der Waals surface area contributed by atoms with Crippen LogP contribution in [0.3, 0.4) is 0 Å². The molecule has 0 saturated heterocycles. The molecule has 21 heavy (non-hydrogen) atoms. The summed E-state index contributed by atoms with van der Waals surface area (Å²) in [6.45, 7) is 4.84. The number of rotatable bonds is 3. The van der Waals surface area contributed by atoms with Crippen LogP contribution in [-0.2, 0) is 14.3 Å². The molecule has 0 spiro atoms. The molecule has 0 aromatic heterocycles. The number of aryl methyl sites for hydroxylation is 1. The number of nitrogens with zero attached hydrogens (tertiary/aromatic N) is 1. The smallest absolute Gasteiger partial charge is 0.313 e. The molecule has 0 radical (unpaired) electrons. The Morgan fingerprint density at radius 2 is 1.95 bits per heavy atom. The highest BCUT2D eigenvalue weighted by Crippen LogP contribution is 2.35. The predicted molar refractivity (Wildman–Crippen MR) is 73.6 cm³/mol. The molecule has 6 heteroatoms. The van der Waals surface area contributed by atoms with E-state index in [9.17, 15) is 18.8 Å². The maximum atomic E-state index is 13.4. The molecule has 0 unspecified atom stereocenters. The lowest BCUT2D eigenvalue weighted by molar-refractivity contribution is -0.150. The van der Waals surface area contributed by atoms with Crippen molar-refractivity contribution in [2.24, 2.45) is 5.41 Å². The van der Waals surface area contributed by atoms with Gasteiger partial charge in [-0.15, -0.1) is 0 Å². The van der Waals surface area contributed by atoms with Crippen LogP contribution in [0.4, 0.5) is 10.1 Å². The van der Waals surface area contributed by atoms with Gasteiger partial charge in [-0.05, 0) is 38.5 Å². The van der Waals surface area contributed by atoms with Gasteiger partial charge in [0.1, 0.15) is 5.82 Å². The van der Waals surface area contributed by atoms with E-state index >= 15 is 0 Å². The van der Waals surface area contributed by atoms with Gasteiger partial charge in [-0.25, -0.2) is 4.39 Å². The first-order chi connectivity index (χ1) is 9.69. The topological polar surface area (TPSA) is 63.7 Å². The summed E-state index contributed by atoms with van der Waals surface area (Å²) in [5.74, 6) is -2.57. The van der Waals surface area contributed by atoms with E-state index in [0.29, 0.717) is 11.3 Å². The van der Waals surface area contributed by atoms with Crippen molar-refractivity contribution in [3.8, 4) is 0 Å². The minimum atomic E-state index is -0.979. The third kappa shape index (κ3) is 2.41. The van der Waals surface area contributed by atoms with Crippen molar-refractivity contribution in [2.45, 2.75) is 20.8 Å². The first-order valence-electron chi connectivity index (χ1n) is 6.44. The zero-order valence-corrected chi connectivity index (χ0v) is 12.3. The third-order valence-electron chi connectivity index (χ3n) is 3.51. The third-order valence-corrected chi connectivity index (χ3v) is 3.51. The maximum Gasteiger partial charge on any atom is 0.313 e. The monoisotopic (exact) mass is 293 g/mol. The summed E-state index contributed by atoms with van der Waals surface area (Å²) in [5, 5.41) is 0. The molecule has 5 nitrogen and oxygen atoms in total. The molecular weight excluding hydrogens is 277 g/mol. The lowest BCUT2D eigenvalue weighted by Gasteiger charge is -2.28. The number of carbonyl (C=O) groups is 3. The largest absolute Gasteiger partial charge is 0.469 e. The predicted octanol–water partition coefficient (Wildman–Crippen LogP) is 1.86. The number of carbonyl (C=O) groups excluding carboxylic acids is 3. The van der Waals surface area contributed by atoms with Gasteiger partial charge in [-0.3, -0.25) is 14.4 Å². The van der Waals surface area contributed by atoms with Crippen LogP contribution in [0.5, 0.6) is 0 Å². The van der Waals surface area contributed by atoms with Crippen LogP contribution in [0, 0.1) is 18.2 Å². The summed E-state index contributed by atoms with van der Waals surface area (Å²) in [6.07, 6.45) is 0. The Morgan fingerprint density at radius 1 is 1.33 bits per heavy atom. The first kappa shape index (κ1) is 15.2. The highest BCUT2D eigenvalue weighted by Gasteiger charge is 2.42. The number of ether oxygens (including phenoxy) is 1. The number of anilines is 1. The van der Waals surface area contributed by atoms with E-state index in [-0.39, 0.29) is 12.1 Å². The summed E-state index contributed by atoms with van der Waals surface area (Å²) in [6, 6.07) is 2.30. The Morgan fingerprint density at radius 3 is 2.52 bits per heavy atom. The number of hydrogen-bond acceptors (Lipinski definition) is 4. The highest BCUT2D eigenvalue weighted by molar-refractivity contribution is 6.52. The average Bonchev–Trinajstić information content (AvgIpc) is 2.63. The van der Waals surface area contributed by atoms with E-state index in [1.54, 1.807) is 20.8 Å². The van der Waals surface area contributed by atoms with E-state index in [0.717, 1.165) is 6.07 Å². The summed E-state index contributed by atoms with van der Waals surface area (Å²) in [7, 11) is 1.26. The van der Waals surface area contributed by atoms with Gasteiger partial charge in [0.25, 0.3) is 11.7 Å². The summed E-state index contributed by atoms with van der Waals surface area (Å²) in [4.78, 5) is 37.1. The first-order valence-corrected chi connectivity index (χ1v) is 6.44. The number of methoxy groups -OCH3 is 1. The van der Waals surface area contributed by atoms with Gasteiger partial charge in [-0.2, -0.15) is 0 Å². The fourth-order valence-corrected chi connectivity index (χ4v) is 2.49. The average molecular weight is 293 g/mol. The molecule has 1 aliphatic rings. The highest BCUT2D eigenvalue weighted by atomic mass is 19.1. The number of amides is 1. The zero-order valence-electron chi connectivity index (χ0n) is 12.3. The van der Waals surface area contributed by atoms with Gasteiger partial charge in [0.2, 0.25) is 0 Å². The van der Waals surface area contributed by atoms with Crippen LogP contribution < -0.4 is 4.90 Å². The fraction of sp³-hybridized carbons (Fsp3) is 0.400. The van der Waals surface area contributed by atoms with Crippen LogP contribution in [0.25, 0.3) is 0 Å². The zero-order chi connectivity index (χ0) is 15.9. The van der Waals surface area contributed by atoms with E-state index in [4.69, 9.17) is 4.74 Å². The van der Waals surface area contributed by atoms with Gasteiger partial charge < -0.3 is 9.64 Å². The van der Waals surface area contributed by atoms with Crippen molar-refractivity contribution < 1.29 is 23.5 Å². The lowest BCUT2D eigenvalue weighted by Crippen LogP contribution is -2.42. The van der Waals surface area contributed by atoms with E-state index in [1.807, 2.05) is 0 Å². The second kappa shape index (κ2) is 4.95. The minimum Gasteiger partial charge on any atom is -0.469 e. The molecular formula is C15H16FNO4. The summed E-state index contributed by atoms with van der Waals surface area (Å²) < 4.78 is 18.1. The van der Waals surface area contributed by atoms with Crippen LogP contribution in [-0.4, -0.2) is 31.3 Å². The molecule has 112 valence electrons. The van der Waals surface area contributed by atoms with Crippen LogP contribution in [0.1, 0.15) is 29.8 Å². The van der Waals surface area contributed by atoms with E-state index in [2.05, 4.69) is 0 Å². The molecule has 0 saturated carbocycles. The Balaban J connectivity index is 2.47. The van der Waals surface area contributed by atoms with E-state index < -0.39 is 28.9 Å². The number of ketones is 1. The number of Topliss-reactive ketones (excluding diaryl/α,β-unsaturated/α-hetero) is 1. The molecule has 0 aliphatic carbocycles. The Hall–Kier alpha value is -2.24. The molecule has 0 N–H and O–H groups in total. The molecule has 1 aromatic carbocycles. The molecule has 1 heterocycles. The molecule has 0 fully saturated rings. The van der Waals surface area contributed by atoms with Crippen LogP contribution in [0.15, 0.2) is 12.1 Å². The quantitative estimate of drug-likeness (QED) is 0.630. The van der Waals surface area contributed by atoms with Crippen molar-refractivity contribution in [1.29, 1.82) is 0 Å². The molecule has 1 aromatic rings. The number of hydrogen-bond donors (Lipinski definition) is 0. The number of halogens is 1. The van der Waals surface area contributed by atoms with Gasteiger partial charge in [0, 0.05) is 6.54 Å². The Kier molecular flexibility index (Phi) is 3.57. The van der Waals surface area contributed by atoms with E-state index in [1.165, 1.54) is 18.1 Å². The molecule has 1 amide bonds. The summed E-state index contributed by atoms with van der Waals surface area (Å²) in [5.41, 5.74) is -0.0981. The molecule has 0 bridgehead atoms. The van der Waals surface area contributed by atoms with Crippen molar-refractivity contribution in [3.63, 3.8) is 0 Å². The van der Waals surface area contributed by atoms with Crippen molar-refractivity contribution in [3.05, 3.63) is 29.1 Å². The number of esters is 1. The maximum absolute atomic E-state index is 13.4. The second-order valence-electron chi connectivity index (χ2n) is 5.71. The fourth-order valence-electron chi connectivity index (χ4n) is 2.49. The second-order valence-corrected chi connectivity index (χ2v) is 5.71. The standard InChI is InChI=1S/C15H16FNO4/c1-8-5-9(16)6-10-11(8)17(13(19)12(10)18)7-15(2,3)14(20)21-4/h5-6H,7H2,1-4H3. The molecule has 2 rings (SSSR count). The number of benzene rings is 1. The van der Waals surface area contributed by atoms with Crippen LogP contribution in [0.2, 0.25) is 0 Å². The van der Waals surface area contributed by atoms with Gasteiger partial charge >= 0.3 is 5.97 Å². The van der Waals surface area contributed by atoms with Gasteiger partial charge in [0.15, 0.2) is 0 Å². The van der Waals surface area contributed by atoms with Crippen molar-refractivity contribution in [2.75, 3.05) is 18.6 Å². The SMILES string of the molecule is COC(=O)C(C)(C)CN1C(=O)C(=O)c2cc(F)cc(C)c21. The van der Waals surface area contributed by atoms with Crippen LogP contribution >= 0.6 is 0 Å². The Bertz CT molecular complexity index is 651. The lowest BCUT2D eigenvalue weighted by atomic mass is 9.92. The normalized spacial score (nSPS) is 14.4. The van der Waals surface area contributed by atoms with Crippen molar-refractivity contribution in [1.82, 2.24) is 0 Å².